The van der Waals surface area contributed by atoms with Crippen molar-refractivity contribution in [3.05, 3.63) is 6.42 Å². The van der Waals surface area contributed by atoms with Gasteiger partial charge in [-0.3, -0.25) is 0 Å². The first kappa shape index (κ1) is 8.56. The van der Waals surface area contributed by atoms with Gasteiger partial charge in [-0.2, -0.15) is 0 Å². The number of unbranched alkanes of at least 4 members (excludes halogenated alkanes) is 3. The highest BCUT2D eigenvalue weighted by Gasteiger charge is 1.79. The first-order chi connectivity index (χ1) is 4.41. The second kappa shape index (κ2) is 7.56. The summed E-state index contributed by atoms with van der Waals surface area (Å²) in [5.74, 6) is 6.00. The molecule has 0 atom stereocenters. The molecular formula is C9H15. The second-order valence-corrected chi connectivity index (χ2v) is 2.07. The topological polar surface area (TPSA) is 0 Å². The van der Waals surface area contributed by atoms with Crippen LogP contribution < -0.4 is 0 Å². The third-order valence-corrected chi connectivity index (χ3v) is 1.15. The Balaban J connectivity index is 2.90. The Kier molecular flexibility index (Phi) is 7.19. The van der Waals surface area contributed by atoms with E-state index in [1.165, 1.54) is 19.3 Å². The Morgan fingerprint density at radius 3 is 2.67 bits per heavy atom. The predicted octanol–water partition coefficient (Wildman–Crippen LogP) is 2.79. The summed E-state index contributed by atoms with van der Waals surface area (Å²) in [5, 5.41) is 0. The van der Waals surface area contributed by atoms with Gasteiger partial charge >= 0.3 is 0 Å². The van der Waals surface area contributed by atoms with Crippen molar-refractivity contribution in [2.75, 3.05) is 0 Å². The SMILES string of the molecule is C[CH]C#CCCCCC. The lowest BCUT2D eigenvalue weighted by Gasteiger charge is -1.87. The van der Waals surface area contributed by atoms with Crippen molar-refractivity contribution in [2.45, 2.75) is 39.5 Å². The molecule has 0 aliphatic carbocycles. The van der Waals surface area contributed by atoms with Gasteiger partial charge in [0.05, 0.1) is 0 Å². The Morgan fingerprint density at radius 2 is 2.11 bits per heavy atom. The lowest BCUT2D eigenvalue weighted by Crippen LogP contribution is -1.70. The molecule has 0 rings (SSSR count). The van der Waals surface area contributed by atoms with Crippen molar-refractivity contribution < 1.29 is 0 Å². The van der Waals surface area contributed by atoms with Crippen LogP contribution in [0.3, 0.4) is 0 Å². The zero-order chi connectivity index (χ0) is 6.95. The molecule has 0 aliphatic rings. The van der Waals surface area contributed by atoms with Crippen LogP contribution in [0.2, 0.25) is 0 Å². The molecule has 0 aromatic carbocycles. The van der Waals surface area contributed by atoms with Crippen molar-refractivity contribution in [3.63, 3.8) is 0 Å². The van der Waals surface area contributed by atoms with Gasteiger partial charge in [-0.15, -0.1) is 5.92 Å². The molecule has 0 saturated heterocycles. The van der Waals surface area contributed by atoms with Gasteiger partial charge in [0, 0.05) is 12.8 Å². The van der Waals surface area contributed by atoms with E-state index in [0.717, 1.165) is 6.42 Å². The molecule has 0 spiro atoms. The van der Waals surface area contributed by atoms with Crippen LogP contribution >= 0.6 is 0 Å². The molecule has 0 unspecified atom stereocenters. The van der Waals surface area contributed by atoms with Crippen LogP contribution in [0.25, 0.3) is 0 Å². The molecule has 0 aliphatic heterocycles. The fraction of sp³-hybridized carbons (Fsp3) is 0.667. The quantitative estimate of drug-likeness (QED) is 0.400. The standard InChI is InChI=1S/C9H15/c1-3-5-7-9-8-6-4-2/h3H,4,6,8-9H2,1-2H3. The van der Waals surface area contributed by atoms with E-state index in [9.17, 15) is 0 Å². The maximum absolute atomic E-state index is 3.06. The minimum Gasteiger partial charge on any atom is -0.103 e. The molecule has 0 bridgehead atoms. The van der Waals surface area contributed by atoms with Crippen LogP contribution in [0.5, 0.6) is 0 Å². The maximum atomic E-state index is 3.06. The maximum Gasteiger partial charge on any atom is 0.0309 e. The van der Waals surface area contributed by atoms with Gasteiger partial charge in [0.1, 0.15) is 0 Å². The van der Waals surface area contributed by atoms with E-state index < -0.39 is 0 Å². The van der Waals surface area contributed by atoms with Gasteiger partial charge in [0.25, 0.3) is 0 Å². The first-order valence-electron chi connectivity index (χ1n) is 3.68. The van der Waals surface area contributed by atoms with Crippen molar-refractivity contribution in [1.82, 2.24) is 0 Å². The van der Waals surface area contributed by atoms with Crippen LogP contribution in [0, 0.1) is 18.3 Å². The van der Waals surface area contributed by atoms with Crippen molar-refractivity contribution in [3.8, 4) is 11.8 Å². The van der Waals surface area contributed by atoms with Crippen LogP contribution in [0.1, 0.15) is 39.5 Å². The van der Waals surface area contributed by atoms with Crippen LogP contribution in [0.4, 0.5) is 0 Å². The Bertz CT molecular complexity index is 92.3. The largest absolute Gasteiger partial charge is 0.103 e. The van der Waals surface area contributed by atoms with Crippen molar-refractivity contribution in [1.29, 1.82) is 0 Å². The number of hydrogen-bond donors (Lipinski definition) is 0. The fourth-order valence-electron chi connectivity index (χ4n) is 0.638. The highest BCUT2D eigenvalue weighted by atomic mass is 13.8. The summed E-state index contributed by atoms with van der Waals surface area (Å²) in [4.78, 5) is 0. The number of rotatable bonds is 3. The van der Waals surface area contributed by atoms with E-state index in [4.69, 9.17) is 0 Å². The number of hydrogen-bond acceptors (Lipinski definition) is 0. The summed E-state index contributed by atoms with van der Waals surface area (Å²) < 4.78 is 0. The molecule has 0 nitrogen and oxygen atoms in total. The average Bonchev–Trinajstić information content (AvgIpc) is 1.89. The predicted molar refractivity (Wildman–Crippen MR) is 41.9 cm³/mol. The minimum absolute atomic E-state index is 1.07. The molecule has 0 aromatic rings. The van der Waals surface area contributed by atoms with Gasteiger partial charge in [-0.1, -0.05) is 32.6 Å². The average molecular weight is 123 g/mol. The molecule has 51 valence electrons. The van der Waals surface area contributed by atoms with E-state index in [1.54, 1.807) is 0 Å². The summed E-state index contributed by atoms with van der Waals surface area (Å²) in [7, 11) is 0. The first-order valence-corrected chi connectivity index (χ1v) is 3.68. The van der Waals surface area contributed by atoms with E-state index >= 15 is 0 Å². The highest BCUT2D eigenvalue weighted by Crippen LogP contribution is 1.96. The Hall–Kier alpha value is -0.440. The molecule has 0 heteroatoms. The lowest BCUT2D eigenvalue weighted by molar-refractivity contribution is 0.737. The molecule has 0 fully saturated rings. The van der Waals surface area contributed by atoms with E-state index in [2.05, 4.69) is 18.8 Å². The van der Waals surface area contributed by atoms with Gasteiger partial charge in [0.2, 0.25) is 0 Å². The molecule has 9 heavy (non-hydrogen) atoms. The smallest absolute Gasteiger partial charge is 0.0309 e. The van der Waals surface area contributed by atoms with Crippen molar-refractivity contribution >= 4 is 0 Å². The van der Waals surface area contributed by atoms with E-state index in [0.29, 0.717) is 0 Å². The van der Waals surface area contributed by atoms with Gasteiger partial charge in [0.15, 0.2) is 0 Å². The molecule has 1 radical (unpaired) electrons. The Labute approximate surface area is 58.7 Å². The lowest BCUT2D eigenvalue weighted by atomic mass is 10.2. The third kappa shape index (κ3) is 7.56. The molecule has 0 heterocycles. The molecule has 0 aromatic heterocycles. The molecule has 0 amide bonds. The third-order valence-electron chi connectivity index (χ3n) is 1.15. The zero-order valence-electron chi connectivity index (χ0n) is 6.41. The zero-order valence-corrected chi connectivity index (χ0v) is 6.41. The minimum atomic E-state index is 1.07. The summed E-state index contributed by atoms with van der Waals surface area (Å²) >= 11 is 0. The van der Waals surface area contributed by atoms with Crippen LogP contribution in [-0.4, -0.2) is 0 Å². The Morgan fingerprint density at radius 1 is 1.33 bits per heavy atom. The van der Waals surface area contributed by atoms with Crippen LogP contribution in [0.15, 0.2) is 0 Å². The summed E-state index contributed by atoms with van der Waals surface area (Å²) in [6.45, 7) is 4.17. The summed E-state index contributed by atoms with van der Waals surface area (Å²) in [6.07, 6.45) is 6.83. The normalized spacial score (nSPS) is 8.22. The van der Waals surface area contributed by atoms with Gasteiger partial charge in [-0.05, 0) is 6.42 Å². The van der Waals surface area contributed by atoms with Gasteiger partial charge in [-0.25, -0.2) is 0 Å². The monoisotopic (exact) mass is 123 g/mol. The highest BCUT2D eigenvalue weighted by molar-refractivity contribution is 5.07. The summed E-state index contributed by atoms with van der Waals surface area (Å²) in [6, 6.07) is 0. The summed E-state index contributed by atoms with van der Waals surface area (Å²) in [5.41, 5.74) is 0. The second-order valence-electron chi connectivity index (χ2n) is 2.07. The molecular weight excluding hydrogens is 108 g/mol. The van der Waals surface area contributed by atoms with E-state index in [1.807, 2.05) is 13.3 Å². The molecule has 0 N–H and O–H groups in total. The van der Waals surface area contributed by atoms with E-state index in [-0.39, 0.29) is 0 Å². The van der Waals surface area contributed by atoms with Gasteiger partial charge < -0.3 is 0 Å². The molecule has 0 saturated carbocycles. The van der Waals surface area contributed by atoms with Crippen molar-refractivity contribution in [2.24, 2.45) is 0 Å². The van der Waals surface area contributed by atoms with Crippen LogP contribution in [-0.2, 0) is 0 Å². The fourth-order valence-corrected chi connectivity index (χ4v) is 0.638.